The van der Waals surface area contributed by atoms with E-state index in [1.165, 1.54) is 0 Å². The maximum atomic E-state index is 12.4. The Morgan fingerprint density at radius 2 is 1.67 bits per heavy atom. The highest BCUT2D eigenvalue weighted by atomic mass is 16.5. The van der Waals surface area contributed by atoms with Gasteiger partial charge in [0.15, 0.2) is 11.5 Å². The van der Waals surface area contributed by atoms with Crippen molar-refractivity contribution in [3.05, 3.63) is 89.0 Å². The Morgan fingerprint density at radius 1 is 0.900 bits per heavy atom. The van der Waals surface area contributed by atoms with Crippen LogP contribution in [-0.4, -0.2) is 20.2 Å². The van der Waals surface area contributed by atoms with Crippen molar-refractivity contribution in [2.45, 2.75) is 6.92 Å². The van der Waals surface area contributed by atoms with Crippen LogP contribution in [0.15, 0.2) is 66.7 Å². The zero-order valence-electron chi connectivity index (χ0n) is 17.0. The second kappa shape index (κ2) is 9.44. The third-order valence-corrected chi connectivity index (χ3v) is 4.45. The smallest absolute Gasteiger partial charge is 0.343 e. The third kappa shape index (κ3) is 4.86. The van der Waals surface area contributed by atoms with Crippen LogP contribution in [-0.2, 0) is 0 Å². The summed E-state index contributed by atoms with van der Waals surface area (Å²) in [5.74, 6) is 1.10. The molecule has 3 aromatic carbocycles. The fourth-order valence-corrected chi connectivity index (χ4v) is 2.96. The van der Waals surface area contributed by atoms with E-state index < -0.39 is 5.97 Å². The Kier molecular flexibility index (Phi) is 6.51. The van der Waals surface area contributed by atoms with Gasteiger partial charge in [-0.3, -0.25) is 0 Å². The third-order valence-electron chi connectivity index (χ3n) is 4.45. The number of ether oxygens (including phenoxy) is 3. The summed E-state index contributed by atoms with van der Waals surface area (Å²) in [6.45, 7) is 1.92. The fourth-order valence-electron chi connectivity index (χ4n) is 2.96. The monoisotopic (exact) mass is 399 g/mol. The highest BCUT2D eigenvalue weighted by molar-refractivity contribution is 5.92. The number of benzene rings is 3. The Morgan fingerprint density at radius 3 is 2.37 bits per heavy atom. The molecule has 0 bridgehead atoms. The molecule has 3 aromatic rings. The molecule has 0 heterocycles. The lowest BCUT2D eigenvalue weighted by atomic mass is 10.0. The van der Waals surface area contributed by atoms with Crippen LogP contribution in [0.25, 0.3) is 11.6 Å². The van der Waals surface area contributed by atoms with Crippen molar-refractivity contribution in [2.24, 2.45) is 0 Å². The average Bonchev–Trinajstić information content (AvgIpc) is 2.77. The van der Waals surface area contributed by atoms with Gasteiger partial charge in [0.1, 0.15) is 5.75 Å². The SMILES string of the molecule is COc1ccc(/C(C#N)=C\c2cccc(OC(=O)c3cccc(C)c3)c2)cc1OC. The Hall–Kier alpha value is -4.04. The molecule has 0 amide bonds. The van der Waals surface area contributed by atoms with Crippen LogP contribution in [0, 0.1) is 18.3 Å². The number of hydrogen-bond acceptors (Lipinski definition) is 5. The van der Waals surface area contributed by atoms with Crippen LogP contribution >= 0.6 is 0 Å². The summed E-state index contributed by atoms with van der Waals surface area (Å²) in [6.07, 6.45) is 1.73. The molecular weight excluding hydrogens is 378 g/mol. The molecule has 30 heavy (non-hydrogen) atoms. The number of nitrogens with zero attached hydrogens (tertiary/aromatic N) is 1. The van der Waals surface area contributed by atoms with Gasteiger partial charge in [0.2, 0.25) is 0 Å². The number of hydrogen-bond donors (Lipinski definition) is 0. The van der Waals surface area contributed by atoms with E-state index in [4.69, 9.17) is 14.2 Å². The molecule has 0 radical (unpaired) electrons. The number of methoxy groups -OCH3 is 2. The number of carbonyl (C=O) groups is 1. The second-order valence-electron chi connectivity index (χ2n) is 6.57. The van der Waals surface area contributed by atoms with E-state index in [1.54, 1.807) is 68.8 Å². The highest BCUT2D eigenvalue weighted by Crippen LogP contribution is 2.31. The van der Waals surface area contributed by atoms with Gasteiger partial charge in [-0.25, -0.2) is 4.79 Å². The molecule has 5 nitrogen and oxygen atoms in total. The van der Waals surface area contributed by atoms with Gasteiger partial charge in [0.05, 0.1) is 31.4 Å². The number of aryl methyl sites for hydroxylation is 1. The molecule has 5 heteroatoms. The number of allylic oxidation sites excluding steroid dienone is 1. The van der Waals surface area contributed by atoms with E-state index in [0.29, 0.717) is 33.9 Å². The standard InChI is InChI=1S/C25H21NO4/c1-17-6-4-8-20(12-17)25(27)30-22-9-5-7-18(14-22)13-21(16-26)19-10-11-23(28-2)24(15-19)29-3/h4-15H,1-3H3/b21-13-. The van der Waals surface area contributed by atoms with Gasteiger partial charge in [-0.15, -0.1) is 0 Å². The van der Waals surface area contributed by atoms with Gasteiger partial charge in [0, 0.05) is 0 Å². The average molecular weight is 399 g/mol. The first-order valence-electron chi connectivity index (χ1n) is 9.27. The maximum Gasteiger partial charge on any atom is 0.343 e. The molecule has 0 spiro atoms. The van der Waals surface area contributed by atoms with Gasteiger partial charge in [-0.05, 0) is 66.6 Å². The molecule has 0 aromatic heterocycles. The number of nitriles is 1. The summed E-state index contributed by atoms with van der Waals surface area (Å²) >= 11 is 0. The van der Waals surface area contributed by atoms with Gasteiger partial charge in [0.25, 0.3) is 0 Å². The molecule has 0 N–H and O–H groups in total. The first-order chi connectivity index (χ1) is 14.5. The Labute approximate surface area is 175 Å². The number of esters is 1. The summed E-state index contributed by atoms with van der Waals surface area (Å²) in [4.78, 5) is 12.4. The second-order valence-corrected chi connectivity index (χ2v) is 6.57. The van der Waals surface area contributed by atoms with Crippen LogP contribution < -0.4 is 14.2 Å². The summed E-state index contributed by atoms with van der Waals surface area (Å²) < 4.78 is 16.1. The minimum atomic E-state index is -0.430. The molecule has 0 unspecified atom stereocenters. The quantitative estimate of drug-likeness (QED) is 0.244. The first-order valence-corrected chi connectivity index (χ1v) is 9.27. The Balaban J connectivity index is 1.86. The largest absolute Gasteiger partial charge is 0.493 e. The normalized spacial score (nSPS) is 10.8. The van der Waals surface area contributed by atoms with Crippen molar-refractivity contribution >= 4 is 17.6 Å². The van der Waals surface area contributed by atoms with Crippen molar-refractivity contribution in [1.29, 1.82) is 5.26 Å². The molecule has 0 aliphatic rings. The lowest BCUT2D eigenvalue weighted by Gasteiger charge is -2.09. The maximum absolute atomic E-state index is 12.4. The van der Waals surface area contributed by atoms with E-state index in [0.717, 1.165) is 11.1 Å². The highest BCUT2D eigenvalue weighted by Gasteiger charge is 2.10. The van der Waals surface area contributed by atoms with E-state index in [1.807, 2.05) is 25.1 Å². The predicted octanol–water partition coefficient (Wildman–Crippen LogP) is 5.30. The van der Waals surface area contributed by atoms with Gasteiger partial charge in [-0.1, -0.05) is 29.8 Å². The fraction of sp³-hybridized carbons (Fsp3) is 0.120. The predicted molar refractivity (Wildman–Crippen MR) is 116 cm³/mol. The zero-order chi connectivity index (χ0) is 21.5. The van der Waals surface area contributed by atoms with Crippen LogP contribution in [0.5, 0.6) is 17.2 Å². The molecule has 0 saturated carbocycles. The van der Waals surface area contributed by atoms with Crippen LogP contribution in [0.1, 0.15) is 27.0 Å². The molecule has 150 valence electrons. The molecular formula is C25H21NO4. The van der Waals surface area contributed by atoms with E-state index >= 15 is 0 Å². The van der Waals surface area contributed by atoms with Crippen molar-refractivity contribution in [3.8, 4) is 23.3 Å². The summed E-state index contributed by atoms with van der Waals surface area (Å²) in [5, 5.41) is 9.64. The van der Waals surface area contributed by atoms with Crippen molar-refractivity contribution < 1.29 is 19.0 Å². The molecule has 0 saturated heterocycles. The first kappa shape index (κ1) is 20.7. The number of rotatable bonds is 6. The molecule has 0 fully saturated rings. The van der Waals surface area contributed by atoms with Crippen molar-refractivity contribution in [2.75, 3.05) is 14.2 Å². The van der Waals surface area contributed by atoms with Crippen LogP contribution in [0.4, 0.5) is 0 Å². The molecule has 0 aliphatic heterocycles. The minimum Gasteiger partial charge on any atom is -0.493 e. The number of carbonyl (C=O) groups excluding carboxylic acids is 1. The van der Waals surface area contributed by atoms with Crippen LogP contribution in [0.2, 0.25) is 0 Å². The van der Waals surface area contributed by atoms with Gasteiger partial charge in [-0.2, -0.15) is 5.26 Å². The lowest BCUT2D eigenvalue weighted by Crippen LogP contribution is -2.08. The van der Waals surface area contributed by atoms with Crippen molar-refractivity contribution in [3.63, 3.8) is 0 Å². The minimum absolute atomic E-state index is 0.403. The summed E-state index contributed by atoms with van der Waals surface area (Å²) in [6, 6.07) is 21.7. The summed E-state index contributed by atoms with van der Waals surface area (Å²) in [5.41, 5.74) is 3.33. The molecule has 0 aliphatic carbocycles. The lowest BCUT2D eigenvalue weighted by molar-refractivity contribution is 0.0734. The van der Waals surface area contributed by atoms with Crippen molar-refractivity contribution in [1.82, 2.24) is 0 Å². The van der Waals surface area contributed by atoms with Crippen LogP contribution in [0.3, 0.4) is 0 Å². The summed E-state index contributed by atoms with van der Waals surface area (Å²) in [7, 11) is 3.10. The topological polar surface area (TPSA) is 68.5 Å². The van der Waals surface area contributed by atoms with Gasteiger partial charge >= 0.3 is 5.97 Å². The molecule has 3 rings (SSSR count). The molecule has 0 atom stereocenters. The van der Waals surface area contributed by atoms with E-state index in [-0.39, 0.29) is 0 Å². The van der Waals surface area contributed by atoms with E-state index in [9.17, 15) is 10.1 Å². The van der Waals surface area contributed by atoms with Gasteiger partial charge < -0.3 is 14.2 Å². The Bertz CT molecular complexity index is 1140. The zero-order valence-corrected chi connectivity index (χ0v) is 17.0. The van der Waals surface area contributed by atoms with E-state index in [2.05, 4.69) is 6.07 Å².